The Hall–Kier alpha value is -2.04. The van der Waals surface area contributed by atoms with E-state index < -0.39 is 29.3 Å². The van der Waals surface area contributed by atoms with Crippen LogP contribution in [-0.2, 0) is 0 Å². The molecule has 1 atom stereocenters. The molecular formula is C14H11F4N. The third-order valence-corrected chi connectivity index (χ3v) is 2.74. The lowest BCUT2D eigenvalue weighted by atomic mass is 10.1. The first kappa shape index (κ1) is 13.4. The fraction of sp³-hybridized carbons (Fsp3) is 0.143. The lowest BCUT2D eigenvalue weighted by Crippen LogP contribution is -2.09. The Bertz CT molecular complexity index is 575. The first-order chi connectivity index (χ1) is 8.99. The van der Waals surface area contributed by atoms with Crippen LogP contribution in [0.1, 0.15) is 18.5 Å². The second kappa shape index (κ2) is 5.30. The molecule has 2 aromatic rings. The van der Waals surface area contributed by atoms with E-state index in [0.29, 0.717) is 5.56 Å². The van der Waals surface area contributed by atoms with E-state index >= 15 is 0 Å². The van der Waals surface area contributed by atoms with E-state index in [1.807, 2.05) is 0 Å². The molecule has 19 heavy (non-hydrogen) atoms. The lowest BCUT2D eigenvalue weighted by molar-refractivity contribution is 0.447. The van der Waals surface area contributed by atoms with Gasteiger partial charge in [-0.1, -0.05) is 18.2 Å². The second-order valence-electron chi connectivity index (χ2n) is 4.14. The standard InChI is InChI=1S/C14H11F4N/c1-8(10-4-2-3-5-11(10)15)19-9-6-12(16)14(18)13(17)7-9/h2-8,19H,1H3. The molecule has 100 valence electrons. The summed E-state index contributed by atoms with van der Waals surface area (Å²) in [6.07, 6.45) is 0. The Morgan fingerprint density at radius 1 is 0.895 bits per heavy atom. The van der Waals surface area contributed by atoms with Gasteiger partial charge in [-0.2, -0.15) is 0 Å². The zero-order chi connectivity index (χ0) is 14.0. The fourth-order valence-corrected chi connectivity index (χ4v) is 1.79. The maximum Gasteiger partial charge on any atom is 0.194 e. The first-order valence-electron chi connectivity index (χ1n) is 5.64. The summed E-state index contributed by atoms with van der Waals surface area (Å²) in [5.74, 6) is -4.53. The van der Waals surface area contributed by atoms with Crippen molar-refractivity contribution in [3.05, 3.63) is 65.2 Å². The molecule has 2 aromatic carbocycles. The van der Waals surface area contributed by atoms with Crippen LogP contribution in [0.5, 0.6) is 0 Å². The van der Waals surface area contributed by atoms with Crippen molar-refractivity contribution < 1.29 is 17.6 Å². The highest BCUT2D eigenvalue weighted by atomic mass is 19.2. The number of anilines is 1. The maximum atomic E-state index is 13.5. The van der Waals surface area contributed by atoms with Gasteiger partial charge >= 0.3 is 0 Å². The van der Waals surface area contributed by atoms with E-state index in [4.69, 9.17) is 0 Å². The molecule has 1 unspecified atom stereocenters. The Morgan fingerprint density at radius 2 is 1.47 bits per heavy atom. The highest BCUT2D eigenvalue weighted by Gasteiger charge is 2.14. The molecule has 0 spiro atoms. The third-order valence-electron chi connectivity index (χ3n) is 2.74. The number of rotatable bonds is 3. The molecular weight excluding hydrogens is 258 g/mol. The number of halogens is 4. The summed E-state index contributed by atoms with van der Waals surface area (Å²) in [4.78, 5) is 0. The third kappa shape index (κ3) is 2.86. The summed E-state index contributed by atoms with van der Waals surface area (Å²) < 4.78 is 52.4. The normalized spacial score (nSPS) is 12.3. The van der Waals surface area contributed by atoms with Gasteiger partial charge in [0.05, 0.1) is 6.04 Å². The molecule has 0 fully saturated rings. The fourth-order valence-electron chi connectivity index (χ4n) is 1.79. The van der Waals surface area contributed by atoms with E-state index in [2.05, 4.69) is 5.32 Å². The molecule has 0 amide bonds. The summed E-state index contributed by atoms with van der Waals surface area (Å²) in [5, 5.41) is 2.72. The van der Waals surface area contributed by atoms with Crippen LogP contribution in [0.15, 0.2) is 36.4 Å². The quantitative estimate of drug-likeness (QED) is 0.642. The minimum atomic E-state index is -1.52. The Balaban J connectivity index is 2.24. The molecule has 1 N–H and O–H groups in total. The van der Waals surface area contributed by atoms with Gasteiger partial charge in [0.2, 0.25) is 0 Å². The molecule has 0 saturated heterocycles. The van der Waals surface area contributed by atoms with Crippen molar-refractivity contribution in [2.24, 2.45) is 0 Å². The van der Waals surface area contributed by atoms with Crippen molar-refractivity contribution in [2.45, 2.75) is 13.0 Å². The summed E-state index contributed by atoms with van der Waals surface area (Å²) >= 11 is 0. The van der Waals surface area contributed by atoms with Crippen LogP contribution in [-0.4, -0.2) is 0 Å². The smallest absolute Gasteiger partial charge is 0.194 e. The molecule has 2 rings (SSSR count). The van der Waals surface area contributed by atoms with Crippen molar-refractivity contribution in [3.63, 3.8) is 0 Å². The molecule has 0 bridgehead atoms. The molecule has 0 heterocycles. The predicted octanol–water partition coefficient (Wildman–Crippen LogP) is 4.42. The molecule has 0 radical (unpaired) electrons. The molecule has 0 aliphatic heterocycles. The minimum absolute atomic E-state index is 0.0483. The Kier molecular flexibility index (Phi) is 3.74. The van der Waals surface area contributed by atoms with Gasteiger partial charge < -0.3 is 5.32 Å². The highest BCUT2D eigenvalue weighted by Crippen LogP contribution is 2.24. The topological polar surface area (TPSA) is 12.0 Å². The van der Waals surface area contributed by atoms with Crippen LogP contribution >= 0.6 is 0 Å². The Labute approximate surface area is 107 Å². The molecule has 0 saturated carbocycles. The second-order valence-corrected chi connectivity index (χ2v) is 4.14. The van der Waals surface area contributed by atoms with Gasteiger partial charge in [0, 0.05) is 23.4 Å². The molecule has 0 aliphatic rings. The number of benzene rings is 2. The monoisotopic (exact) mass is 269 g/mol. The van der Waals surface area contributed by atoms with Gasteiger partial charge in [-0.05, 0) is 13.0 Å². The van der Waals surface area contributed by atoms with Gasteiger partial charge in [0.1, 0.15) is 5.82 Å². The van der Waals surface area contributed by atoms with Gasteiger partial charge in [-0.15, -0.1) is 0 Å². The Morgan fingerprint density at radius 3 is 2.05 bits per heavy atom. The zero-order valence-electron chi connectivity index (χ0n) is 10.1. The van der Waals surface area contributed by atoms with Crippen molar-refractivity contribution in [3.8, 4) is 0 Å². The van der Waals surface area contributed by atoms with Crippen LogP contribution in [0.2, 0.25) is 0 Å². The minimum Gasteiger partial charge on any atom is -0.378 e. The average Bonchev–Trinajstić information content (AvgIpc) is 2.36. The first-order valence-corrected chi connectivity index (χ1v) is 5.64. The van der Waals surface area contributed by atoms with Gasteiger partial charge in [-0.3, -0.25) is 0 Å². The summed E-state index contributed by atoms with van der Waals surface area (Å²) in [5.41, 5.74) is 0.403. The van der Waals surface area contributed by atoms with Crippen molar-refractivity contribution >= 4 is 5.69 Å². The zero-order valence-corrected chi connectivity index (χ0v) is 10.1. The summed E-state index contributed by atoms with van der Waals surface area (Å²) in [7, 11) is 0. The molecule has 1 nitrogen and oxygen atoms in total. The van der Waals surface area contributed by atoms with Crippen LogP contribution in [0.3, 0.4) is 0 Å². The van der Waals surface area contributed by atoms with Crippen LogP contribution in [0.25, 0.3) is 0 Å². The lowest BCUT2D eigenvalue weighted by Gasteiger charge is -2.16. The van der Waals surface area contributed by atoms with E-state index in [0.717, 1.165) is 12.1 Å². The highest BCUT2D eigenvalue weighted by molar-refractivity contribution is 5.46. The van der Waals surface area contributed by atoms with Gasteiger partial charge in [-0.25, -0.2) is 17.6 Å². The summed E-state index contributed by atoms with van der Waals surface area (Å²) in [6, 6.07) is 7.20. The molecule has 5 heteroatoms. The predicted molar refractivity (Wildman–Crippen MR) is 64.8 cm³/mol. The van der Waals surface area contributed by atoms with Crippen LogP contribution in [0, 0.1) is 23.3 Å². The number of hydrogen-bond donors (Lipinski definition) is 1. The van der Waals surface area contributed by atoms with Crippen molar-refractivity contribution in [2.75, 3.05) is 5.32 Å². The SMILES string of the molecule is CC(Nc1cc(F)c(F)c(F)c1)c1ccccc1F. The van der Waals surface area contributed by atoms with E-state index in [1.165, 1.54) is 6.07 Å². The average molecular weight is 269 g/mol. The van der Waals surface area contributed by atoms with Crippen molar-refractivity contribution in [1.82, 2.24) is 0 Å². The van der Waals surface area contributed by atoms with Crippen LogP contribution in [0.4, 0.5) is 23.2 Å². The van der Waals surface area contributed by atoms with Gasteiger partial charge in [0.15, 0.2) is 17.5 Å². The molecule has 0 aromatic heterocycles. The van der Waals surface area contributed by atoms with E-state index in [1.54, 1.807) is 25.1 Å². The summed E-state index contributed by atoms with van der Waals surface area (Å²) in [6.45, 7) is 1.64. The van der Waals surface area contributed by atoms with Gasteiger partial charge in [0.25, 0.3) is 0 Å². The number of nitrogens with one attached hydrogen (secondary N) is 1. The largest absolute Gasteiger partial charge is 0.378 e. The number of hydrogen-bond acceptors (Lipinski definition) is 1. The van der Waals surface area contributed by atoms with E-state index in [9.17, 15) is 17.6 Å². The van der Waals surface area contributed by atoms with Crippen LogP contribution < -0.4 is 5.32 Å². The molecule has 0 aliphatic carbocycles. The maximum absolute atomic E-state index is 13.5. The van der Waals surface area contributed by atoms with E-state index in [-0.39, 0.29) is 5.69 Å². The van der Waals surface area contributed by atoms with Crippen molar-refractivity contribution in [1.29, 1.82) is 0 Å².